The van der Waals surface area contributed by atoms with Crippen molar-refractivity contribution in [1.29, 1.82) is 0 Å². The van der Waals surface area contributed by atoms with Crippen molar-refractivity contribution in [1.82, 2.24) is 29.1 Å². The SMILES string of the molecule is Fc1cccc(F)c1-c1c(-n2c3ccccc3c3ccc(-c4ncccn4)cc32)cc(C(F)(F)F)cc1-n1c2ccccc2c2ccc(-c3ncccn3)cc21. The molecule has 0 fully saturated rings. The third-order valence-electron chi connectivity index (χ3n) is 10.1. The second-order valence-corrected chi connectivity index (χ2v) is 13.3. The summed E-state index contributed by atoms with van der Waals surface area (Å²) in [6.45, 7) is 0. The third kappa shape index (κ3) is 5.23. The Bertz CT molecular complexity index is 2960. The summed E-state index contributed by atoms with van der Waals surface area (Å²) in [6, 6.07) is 34.3. The number of aromatic nitrogens is 6. The Balaban J connectivity index is 1.41. The Morgan fingerprint density at radius 1 is 0.411 bits per heavy atom. The van der Waals surface area contributed by atoms with E-state index in [-0.39, 0.29) is 16.9 Å². The molecule has 0 aliphatic heterocycles. The number of nitrogens with zero attached hydrogens (tertiary/aromatic N) is 6. The van der Waals surface area contributed by atoms with Crippen LogP contribution in [0.1, 0.15) is 5.56 Å². The van der Waals surface area contributed by atoms with E-state index in [0.29, 0.717) is 55.6 Å². The molecule has 0 aliphatic carbocycles. The summed E-state index contributed by atoms with van der Waals surface area (Å²) in [7, 11) is 0. The van der Waals surface area contributed by atoms with Gasteiger partial charge in [0, 0.05) is 63.0 Å². The van der Waals surface area contributed by atoms with Gasteiger partial charge >= 0.3 is 6.18 Å². The van der Waals surface area contributed by atoms with Crippen LogP contribution in [0.3, 0.4) is 0 Å². The molecule has 0 spiro atoms. The van der Waals surface area contributed by atoms with Gasteiger partial charge in [-0.15, -0.1) is 0 Å². The monoisotopic (exact) mass is 744 g/mol. The molecule has 0 amide bonds. The van der Waals surface area contributed by atoms with Crippen molar-refractivity contribution in [2.75, 3.05) is 0 Å². The average molecular weight is 745 g/mol. The number of para-hydroxylation sites is 2. The smallest absolute Gasteiger partial charge is 0.308 e. The number of hydrogen-bond donors (Lipinski definition) is 0. The summed E-state index contributed by atoms with van der Waals surface area (Å²) in [5, 5.41) is 2.88. The van der Waals surface area contributed by atoms with Crippen LogP contribution in [0.4, 0.5) is 22.0 Å². The predicted molar refractivity (Wildman–Crippen MR) is 208 cm³/mol. The van der Waals surface area contributed by atoms with Gasteiger partial charge in [-0.2, -0.15) is 13.2 Å². The fraction of sp³-hybridized carbons (Fsp3) is 0.0222. The maximum absolute atomic E-state index is 16.4. The predicted octanol–water partition coefficient (Wildman–Crippen LogP) is 11.8. The molecule has 10 aromatic rings. The first-order chi connectivity index (χ1) is 27.3. The van der Waals surface area contributed by atoms with Crippen molar-refractivity contribution in [3.63, 3.8) is 0 Å². The standard InChI is InChI=1S/C45H25F5N6/c46-33-10-5-11-34(47)41(33)42-39(55-35-12-3-1-8-29(35)31-16-14-26(22-37(31)55)43-51-18-6-19-52-43)24-28(45(48,49)50)25-40(42)56-36-13-4-2-9-30(36)32-17-15-27(23-38(32)56)44-53-20-7-21-54-44/h1-25H. The summed E-state index contributed by atoms with van der Waals surface area (Å²) in [5.41, 5.74) is 1.52. The minimum absolute atomic E-state index is 0.0790. The van der Waals surface area contributed by atoms with E-state index in [1.165, 1.54) is 6.07 Å². The third-order valence-corrected chi connectivity index (χ3v) is 10.1. The Morgan fingerprint density at radius 2 is 0.839 bits per heavy atom. The zero-order valence-electron chi connectivity index (χ0n) is 29.0. The molecule has 0 atom stereocenters. The topological polar surface area (TPSA) is 61.4 Å². The molecule has 4 heterocycles. The second kappa shape index (κ2) is 12.7. The summed E-state index contributed by atoms with van der Waals surface area (Å²) < 4.78 is 82.2. The van der Waals surface area contributed by atoms with Crippen molar-refractivity contribution in [2.24, 2.45) is 0 Å². The first-order valence-corrected chi connectivity index (χ1v) is 17.6. The average Bonchev–Trinajstić information content (AvgIpc) is 3.73. The molecule has 0 radical (unpaired) electrons. The van der Waals surface area contributed by atoms with Crippen molar-refractivity contribution >= 4 is 43.6 Å². The van der Waals surface area contributed by atoms with E-state index in [4.69, 9.17) is 0 Å². The van der Waals surface area contributed by atoms with Gasteiger partial charge in [0.15, 0.2) is 11.6 Å². The van der Waals surface area contributed by atoms with Crippen LogP contribution in [-0.2, 0) is 6.18 Å². The Hall–Kier alpha value is -7.27. The number of benzene rings is 6. The molecule has 0 N–H and O–H groups in total. The molecule has 4 aromatic heterocycles. The van der Waals surface area contributed by atoms with Crippen LogP contribution in [0.25, 0.3) is 88.9 Å². The lowest BCUT2D eigenvalue weighted by Crippen LogP contribution is -2.12. The highest BCUT2D eigenvalue weighted by atomic mass is 19.4. The lowest BCUT2D eigenvalue weighted by Gasteiger charge is -2.23. The molecule has 6 nitrogen and oxygen atoms in total. The normalized spacial score (nSPS) is 12.0. The minimum Gasteiger partial charge on any atom is -0.308 e. The van der Waals surface area contributed by atoms with Crippen LogP contribution in [0, 0.1) is 11.6 Å². The van der Waals surface area contributed by atoms with Crippen LogP contribution in [-0.4, -0.2) is 29.1 Å². The molecular formula is C45H25F5N6. The first kappa shape index (κ1) is 33.3. The Labute approximate surface area is 314 Å². The first-order valence-electron chi connectivity index (χ1n) is 17.6. The number of fused-ring (bicyclic) bond motifs is 6. The molecule has 56 heavy (non-hydrogen) atoms. The highest BCUT2D eigenvalue weighted by molar-refractivity contribution is 6.13. The van der Waals surface area contributed by atoms with E-state index in [2.05, 4.69) is 19.9 Å². The van der Waals surface area contributed by atoms with Crippen LogP contribution in [0.2, 0.25) is 0 Å². The zero-order chi connectivity index (χ0) is 38.1. The number of halogens is 5. The zero-order valence-corrected chi connectivity index (χ0v) is 29.0. The molecule has 0 bridgehead atoms. The highest BCUT2D eigenvalue weighted by Crippen LogP contribution is 2.47. The van der Waals surface area contributed by atoms with Gasteiger partial charge in [-0.05, 0) is 60.7 Å². The summed E-state index contributed by atoms with van der Waals surface area (Å²) >= 11 is 0. The highest BCUT2D eigenvalue weighted by Gasteiger charge is 2.35. The lowest BCUT2D eigenvalue weighted by molar-refractivity contribution is -0.137. The lowest BCUT2D eigenvalue weighted by atomic mass is 9.96. The molecule has 0 saturated heterocycles. The minimum atomic E-state index is -4.86. The maximum atomic E-state index is 16.4. The van der Waals surface area contributed by atoms with Gasteiger partial charge in [0.25, 0.3) is 0 Å². The molecule has 0 unspecified atom stereocenters. The van der Waals surface area contributed by atoms with E-state index < -0.39 is 28.9 Å². The largest absolute Gasteiger partial charge is 0.416 e. The Kier molecular flexibility index (Phi) is 7.53. The fourth-order valence-corrected chi connectivity index (χ4v) is 7.76. The molecular weight excluding hydrogens is 720 g/mol. The molecule has 10 rings (SSSR count). The van der Waals surface area contributed by atoms with Gasteiger partial charge < -0.3 is 9.13 Å². The van der Waals surface area contributed by atoms with E-state index in [1.807, 2.05) is 48.5 Å². The van der Waals surface area contributed by atoms with E-state index in [9.17, 15) is 0 Å². The maximum Gasteiger partial charge on any atom is 0.416 e. The van der Waals surface area contributed by atoms with Crippen molar-refractivity contribution in [2.45, 2.75) is 6.18 Å². The van der Waals surface area contributed by atoms with Crippen molar-refractivity contribution in [3.8, 4) is 45.3 Å². The van der Waals surface area contributed by atoms with Gasteiger partial charge in [-0.1, -0.05) is 66.7 Å². The van der Waals surface area contributed by atoms with Crippen LogP contribution in [0.5, 0.6) is 0 Å². The molecule has 6 aromatic carbocycles. The van der Waals surface area contributed by atoms with Gasteiger partial charge in [-0.3, -0.25) is 0 Å². The van der Waals surface area contributed by atoms with E-state index >= 15 is 22.0 Å². The molecule has 11 heteroatoms. The van der Waals surface area contributed by atoms with Gasteiger partial charge in [-0.25, -0.2) is 28.7 Å². The van der Waals surface area contributed by atoms with E-state index in [1.54, 1.807) is 82.5 Å². The number of alkyl halides is 3. The van der Waals surface area contributed by atoms with Crippen LogP contribution >= 0.6 is 0 Å². The quantitative estimate of drug-likeness (QED) is 0.165. The van der Waals surface area contributed by atoms with Crippen LogP contribution < -0.4 is 0 Å². The van der Waals surface area contributed by atoms with Crippen molar-refractivity contribution in [3.05, 3.63) is 169 Å². The second-order valence-electron chi connectivity index (χ2n) is 13.3. The molecule has 0 aliphatic rings. The van der Waals surface area contributed by atoms with Gasteiger partial charge in [0.05, 0.1) is 44.6 Å². The summed E-state index contributed by atoms with van der Waals surface area (Å²) in [5.74, 6) is -1.07. The number of rotatable bonds is 5. The van der Waals surface area contributed by atoms with Crippen molar-refractivity contribution < 1.29 is 22.0 Å². The van der Waals surface area contributed by atoms with E-state index in [0.717, 1.165) is 35.0 Å². The van der Waals surface area contributed by atoms with Gasteiger partial charge in [0.2, 0.25) is 0 Å². The summed E-state index contributed by atoms with van der Waals surface area (Å²) in [4.78, 5) is 17.6. The summed E-state index contributed by atoms with van der Waals surface area (Å²) in [6.07, 6.45) is 1.53. The Morgan fingerprint density at radius 3 is 1.29 bits per heavy atom. The van der Waals surface area contributed by atoms with Crippen LogP contribution in [0.15, 0.2) is 152 Å². The fourth-order valence-electron chi connectivity index (χ4n) is 7.76. The molecule has 270 valence electrons. The van der Waals surface area contributed by atoms with Gasteiger partial charge in [0.1, 0.15) is 11.6 Å². The molecule has 0 saturated carbocycles. The number of hydrogen-bond acceptors (Lipinski definition) is 4.